The van der Waals surface area contributed by atoms with E-state index >= 15 is 0 Å². The molecule has 0 saturated carbocycles. The van der Waals surface area contributed by atoms with Crippen LogP contribution in [0.1, 0.15) is 39.5 Å². The van der Waals surface area contributed by atoms with Gasteiger partial charge in [0.1, 0.15) is 0 Å². The van der Waals surface area contributed by atoms with Crippen LogP contribution in [0.5, 0.6) is 0 Å². The lowest BCUT2D eigenvalue weighted by Crippen LogP contribution is -2.22. The van der Waals surface area contributed by atoms with Crippen molar-refractivity contribution in [2.24, 2.45) is 0 Å². The zero-order chi connectivity index (χ0) is 18.4. The lowest BCUT2D eigenvalue weighted by Gasteiger charge is -2.12. The van der Waals surface area contributed by atoms with Crippen LogP contribution >= 0.6 is 0 Å². The Morgan fingerprint density at radius 2 is 1.16 bits per heavy atom. The first-order valence-electron chi connectivity index (χ1n) is 9.49. The molecular formula is C18H38O7. The summed E-state index contributed by atoms with van der Waals surface area (Å²) in [7, 11) is 0. The van der Waals surface area contributed by atoms with E-state index in [0.717, 1.165) is 6.42 Å². The van der Waals surface area contributed by atoms with Crippen LogP contribution in [0.4, 0.5) is 0 Å². The minimum absolute atomic E-state index is 0.207. The molecule has 0 amide bonds. The summed E-state index contributed by atoms with van der Waals surface area (Å²) >= 11 is 0. The van der Waals surface area contributed by atoms with E-state index < -0.39 is 6.29 Å². The van der Waals surface area contributed by atoms with Crippen LogP contribution in [-0.2, 0) is 28.4 Å². The first-order valence-corrected chi connectivity index (χ1v) is 9.49. The van der Waals surface area contributed by atoms with E-state index in [9.17, 15) is 5.11 Å². The molecule has 1 unspecified atom stereocenters. The fourth-order valence-electron chi connectivity index (χ4n) is 1.91. The molecular weight excluding hydrogens is 328 g/mol. The van der Waals surface area contributed by atoms with Gasteiger partial charge in [-0.1, -0.05) is 26.2 Å². The van der Waals surface area contributed by atoms with E-state index in [1.807, 2.05) is 6.92 Å². The summed E-state index contributed by atoms with van der Waals surface area (Å²) in [6.07, 6.45) is 3.74. The Morgan fingerprint density at radius 3 is 1.72 bits per heavy atom. The van der Waals surface area contributed by atoms with E-state index in [4.69, 9.17) is 28.4 Å². The quantitative estimate of drug-likeness (QED) is 0.246. The normalized spacial score (nSPS) is 12.6. The van der Waals surface area contributed by atoms with Crippen molar-refractivity contribution in [3.63, 3.8) is 0 Å². The second-order valence-corrected chi connectivity index (χ2v) is 5.50. The molecule has 7 nitrogen and oxygen atoms in total. The predicted molar refractivity (Wildman–Crippen MR) is 95.9 cm³/mol. The fourth-order valence-corrected chi connectivity index (χ4v) is 1.91. The van der Waals surface area contributed by atoms with Gasteiger partial charge in [-0.05, 0) is 13.3 Å². The highest BCUT2D eigenvalue weighted by atomic mass is 16.6. The Bertz CT molecular complexity index is 241. The van der Waals surface area contributed by atoms with Crippen molar-refractivity contribution in [2.75, 3.05) is 72.7 Å². The van der Waals surface area contributed by atoms with Crippen LogP contribution in [0, 0.1) is 0 Å². The molecule has 0 heterocycles. The maximum atomic E-state index is 9.58. The topological polar surface area (TPSA) is 75.6 Å². The van der Waals surface area contributed by atoms with Gasteiger partial charge < -0.3 is 33.5 Å². The van der Waals surface area contributed by atoms with Gasteiger partial charge in [-0.15, -0.1) is 0 Å². The summed E-state index contributed by atoms with van der Waals surface area (Å²) in [5.74, 6) is 0. The van der Waals surface area contributed by atoms with Gasteiger partial charge in [0.15, 0.2) is 6.29 Å². The maximum Gasteiger partial charge on any atom is 0.178 e. The van der Waals surface area contributed by atoms with Gasteiger partial charge in [-0.25, -0.2) is 0 Å². The van der Waals surface area contributed by atoms with Gasteiger partial charge in [0.2, 0.25) is 0 Å². The van der Waals surface area contributed by atoms with Crippen molar-refractivity contribution >= 4 is 0 Å². The molecule has 25 heavy (non-hydrogen) atoms. The molecule has 0 aromatic heterocycles. The fraction of sp³-hybridized carbons (Fsp3) is 1.00. The van der Waals surface area contributed by atoms with Crippen molar-refractivity contribution in [2.45, 2.75) is 45.8 Å². The molecule has 0 aliphatic rings. The summed E-state index contributed by atoms with van der Waals surface area (Å²) < 4.78 is 31.7. The van der Waals surface area contributed by atoms with Gasteiger partial charge in [0.05, 0.1) is 59.5 Å². The molecule has 0 aliphatic carbocycles. The van der Waals surface area contributed by atoms with Crippen LogP contribution in [0.15, 0.2) is 0 Å². The minimum Gasteiger partial charge on any atom is -0.379 e. The van der Waals surface area contributed by atoms with E-state index in [1.54, 1.807) is 0 Å². The molecule has 0 aromatic rings. The SMILES string of the molecule is CCCCCCOCC(O)OCCOCCOCCOCCOCC. The highest BCUT2D eigenvalue weighted by Gasteiger charge is 2.03. The predicted octanol–water partition coefficient (Wildman–Crippen LogP) is 2.00. The summed E-state index contributed by atoms with van der Waals surface area (Å²) in [6, 6.07) is 0. The number of hydrogen-bond donors (Lipinski definition) is 1. The molecule has 1 atom stereocenters. The molecule has 1 N–H and O–H groups in total. The number of aliphatic hydroxyl groups is 1. The van der Waals surface area contributed by atoms with E-state index in [1.165, 1.54) is 19.3 Å². The second-order valence-electron chi connectivity index (χ2n) is 5.50. The number of rotatable bonds is 21. The summed E-state index contributed by atoms with van der Waals surface area (Å²) in [4.78, 5) is 0. The Hall–Kier alpha value is -0.280. The number of ether oxygens (including phenoxy) is 6. The first kappa shape index (κ1) is 24.7. The van der Waals surface area contributed by atoms with Crippen LogP contribution in [-0.4, -0.2) is 84.1 Å². The van der Waals surface area contributed by atoms with Gasteiger partial charge in [0, 0.05) is 13.2 Å². The number of aliphatic hydroxyl groups excluding tert-OH is 1. The average Bonchev–Trinajstić information content (AvgIpc) is 2.62. The molecule has 152 valence electrons. The first-order chi connectivity index (χ1) is 12.3. The lowest BCUT2D eigenvalue weighted by molar-refractivity contribution is -0.147. The monoisotopic (exact) mass is 366 g/mol. The molecule has 0 bridgehead atoms. The Labute approximate surface area is 152 Å². The molecule has 0 saturated heterocycles. The minimum atomic E-state index is -0.889. The zero-order valence-corrected chi connectivity index (χ0v) is 16.1. The van der Waals surface area contributed by atoms with Crippen LogP contribution in [0.2, 0.25) is 0 Å². The molecule has 7 heteroatoms. The molecule has 0 aromatic carbocycles. The number of unbranched alkanes of at least 4 members (excludes halogenated alkanes) is 3. The largest absolute Gasteiger partial charge is 0.379 e. The smallest absolute Gasteiger partial charge is 0.178 e. The second kappa shape index (κ2) is 21.8. The third kappa shape index (κ3) is 21.7. The molecule has 0 aliphatic heterocycles. The van der Waals surface area contributed by atoms with Gasteiger partial charge in [0.25, 0.3) is 0 Å². The summed E-state index contributed by atoms with van der Waals surface area (Å²) in [5.41, 5.74) is 0. The third-order valence-electron chi connectivity index (χ3n) is 3.26. The van der Waals surface area contributed by atoms with Gasteiger partial charge >= 0.3 is 0 Å². The standard InChI is InChI=1S/C18H38O7/c1-3-5-6-7-8-24-17-18(19)25-16-15-23-14-13-22-12-11-21-10-9-20-4-2/h18-19H,3-17H2,1-2H3. The van der Waals surface area contributed by atoms with E-state index in [2.05, 4.69) is 6.92 Å². The van der Waals surface area contributed by atoms with Crippen LogP contribution in [0.3, 0.4) is 0 Å². The average molecular weight is 366 g/mol. The Kier molecular flexibility index (Phi) is 21.5. The Balaban J connectivity index is 3.09. The summed E-state index contributed by atoms with van der Waals surface area (Å²) in [6.45, 7) is 9.79. The van der Waals surface area contributed by atoms with E-state index in [-0.39, 0.29) is 6.61 Å². The summed E-state index contributed by atoms with van der Waals surface area (Å²) in [5, 5.41) is 9.58. The van der Waals surface area contributed by atoms with E-state index in [0.29, 0.717) is 66.1 Å². The number of hydrogen-bond acceptors (Lipinski definition) is 7. The third-order valence-corrected chi connectivity index (χ3v) is 3.26. The highest BCUT2D eigenvalue weighted by molar-refractivity contribution is 4.42. The van der Waals surface area contributed by atoms with Crippen LogP contribution < -0.4 is 0 Å². The molecule has 0 spiro atoms. The molecule has 0 fully saturated rings. The molecule has 0 rings (SSSR count). The van der Waals surface area contributed by atoms with Crippen molar-refractivity contribution < 1.29 is 33.5 Å². The van der Waals surface area contributed by atoms with Crippen molar-refractivity contribution in [1.29, 1.82) is 0 Å². The maximum absolute atomic E-state index is 9.58. The highest BCUT2D eigenvalue weighted by Crippen LogP contribution is 1.99. The zero-order valence-electron chi connectivity index (χ0n) is 16.1. The lowest BCUT2D eigenvalue weighted by atomic mass is 10.2. The van der Waals surface area contributed by atoms with Crippen molar-refractivity contribution in [3.05, 3.63) is 0 Å². The van der Waals surface area contributed by atoms with Crippen molar-refractivity contribution in [1.82, 2.24) is 0 Å². The van der Waals surface area contributed by atoms with Crippen LogP contribution in [0.25, 0.3) is 0 Å². The molecule has 0 radical (unpaired) electrons. The Morgan fingerprint density at radius 1 is 0.600 bits per heavy atom. The van der Waals surface area contributed by atoms with Gasteiger partial charge in [-0.2, -0.15) is 0 Å². The van der Waals surface area contributed by atoms with Crippen molar-refractivity contribution in [3.8, 4) is 0 Å². The van der Waals surface area contributed by atoms with Gasteiger partial charge in [-0.3, -0.25) is 0 Å².